The van der Waals surface area contributed by atoms with Crippen molar-refractivity contribution in [3.8, 4) is 27.9 Å². The van der Waals surface area contributed by atoms with Gasteiger partial charge in [0.15, 0.2) is 0 Å². The van der Waals surface area contributed by atoms with Gasteiger partial charge in [0, 0.05) is 38.0 Å². The van der Waals surface area contributed by atoms with Crippen LogP contribution in [0.1, 0.15) is 0 Å². The molecule has 0 radical (unpaired) electrons. The summed E-state index contributed by atoms with van der Waals surface area (Å²) < 4.78 is 3.47. The van der Waals surface area contributed by atoms with Crippen molar-refractivity contribution in [2.24, 2.45) is 0 Å². The van der Waals surface area contributed by atoms with Gasteiger partial charge in [0.05, 0.1) is 11.0 Å². The Bertz CT molecular complexity index is 2590. The maximum atomic E-state index is 3.74. The lowest BCUT2D eigenvalue weighted by Crippen LogP contribution is -2.10. The number of hydrogen-bond donors (Lipinski definition) is 0. The standard InChI is InChI=1S/C46H31BrN2/c47-44-29-28-39(40-15-7-8-16-41(40)44)34-21-25-37(26-22-34)48(36-23-19-33(20-24-36)32-11-3-1-4-12-32)38-27-30-46-43(31-38)42-17-9-10-18-45(42)49(46)35-13-5-2-6-14-35/h1-31H. The van der Waals surface area contributed by atoms with Gasteiger partial charge >= 0.3 is 0 Å². The van der Waals surface area contributed by atoms with Crippen LogP contribution in [0.15, 0.2) is 193 Å². The summed E-state index contributed by atoms with van der Waals surface area (Å²) in [6.45, 7) is 0. The third-order valence-corrected chi connectivity index (χ3v) is 10.2. The molecular formula is C46H31BrN2. The van der Waals surface area contributed by atoms with Gasteiger partial charge in [-0.15, -0.1) is 0 Å². The molecule has 0 atom stereocenters. The smallest absolute Gasteiger partial charge is 0.0542 e. The number of aromatic nitrogens is 1. The number of halogens is 1. The number of nitrogens with zero attached hydrogens (tertiary/aromatic N) is 2. The fourth-order valence-corrected chi connectivity index (χ4v) is 7.62. The molecule has 0 amide bonds. The largest absolute Gasteiger partial charge is 0.310 e. The number of anilines is 3. The second kappa shape index (κ2) is 12.3. The Morgan fingerprint density at radius 1 is 0.367 bits per heavy atom. The predicted molar refractivity (Wildman–Crippen MR) is 212 cm³/mol. The lowest BCUT2D eigenvalue weighted by atomic mass is 9.98. The van der Waals surface area contributed by atoms with E-state index < -0.39 is 0 Å². The van der Waals surface area contributed by atoms with Crippen LogP contribution in [0, 0.1) is 0 Å². The van der Waals surface area contributed by atoms with Crippen molar-refractivity contribution < 1.29 is 0 Å². The molecule has 9 rings (SSSR count). The minimum Gasteiger partial charge on any atom is -0.310 e. The molecule has 0 unspecified atom stereocenters. The Morgan fingerprint density at radius 2 is 0.898 bits per heavy atom. The molecule has 1 heterocycles. The van der Waals surface area contributed by atoms with E-state index in [4.69, 9.17) is 0 Å². The van der Waals surface area contributed by atoms with Crippen LogP contribution >= 0.6 is 15.9 Å². The quantitative estimate of drug-likeness (QED) is 0.169. The minimum atomic E-state index is 1.10. The van der Waals surface area contributed by atoms with Crippen LogP contribution in [0.25, 0.3) is 60.5 Å². The molecule has 0 fully saturated rings. The Morgan fingerprint density at radius 3 is 1.61 bits per heavy atom. The summed E-state index contributed by atoms with van der Waals surface area (Å²) in [5.74, 6) is 0. The summed E-state index contributed by atoms with van der Waals surface area (Å²) in [5.41, 5.74) is 11.7. The van der Waals surface area contributed by atoms with E-state index in [1.54, 1.807) is 0 Å². The molecule has 8 aromatic carbocycles. The zero-order valence-corrected chi connectivity index (χ0v) is 28.3. The number of para-hydroxylation sites is 2. The topological polar surface area (TPSA) is 8.17 Å². The van der Waals surface area contributed by atoms with Gasteiger partial charge in [0.1, 0.15) is 0 Å². The van der Waals surface area contributed by atoms with Gasteiger partial charge in [-0.3, -0.25) is 0 Å². The Balaban J connectivity index is 1.20. The molecule has 2 nitrogen and oxygen atoms in total. The first-order chi connectivity index (χ1) is 24.2. The van der Waals surface area contributed by atoms with Crippen LogP contribution < -0.4 is 4.90 Å². The molecule has 0 aliphatic rings. The predicted octanol–water partition coefficient (Wildman–Crippen LogP) is 13.5. The number of rotatable bonds is 6. The highest BCUT2D eigenvalue weighted by molar-refractivity contribution is 9.10. The molecule has 232 valence electrons. The monoisotopic (exact) mass is 690 g/mol. The third-order valence-electron chi connectivity index (χ3n) is 9.47. The maximum absolute atomic E-state index is 3.74. The molecule has 0 spiro atoms. The van der Waals surface area contributed by atoms with Gasteiger partial charge in [-0.2, -0.15) is 0 Å². The molecule has 0 saturated heterocycles. The number of hydrogen-bond acceptors (Lipinski definition) is 1. The Kier molecular flexibility index (Phi) is 7.33. The first kappa shape index (κ1) is 29.3. The number of fused-ring (bicyclic) bond motifs is 4. The van der Waals surface area contributed by atoms with Crippen LogP contribution in [0.2, 0.25) is 0 Å². The van der Waals surface area contributed by atoms with E-state index >= 15 is 0 Å². The van der Waals surface area contributed by atoms with E-state index in [1.807, 2.05) is 0 Å². The molecule has 0 saturated carbocycles. The van der Waals surface area contributed by atoms with Gasteiger partial charge in [-0.25, -0.2) is 0 Å². The molecule has 0 aliphatic carbocycles. The van der Waals surface area contributed by atoms with Crippen molar-refractivity contribution in [2.45, 2.75) is 0 Å². The molecule has 3 heteroatoms. The van der Waals surface area contributed by atoms with Crippen molar-refractivity contribution in [3.05, 3.63) is 193 Å². The van der Waals surface area contributed by atoms with Crippen LogP contribution in [0.3, 0.4) is 0 Å². The molecular weight excluding hydrogens is 660 g/mol. The summed E-state index contributed by atoms with van der Waals surface area (Å²) >= 11 is 3.74. The van der Waals surface area contributed by atoms with Gasteiger partial charge < -0.3 is 9.47 Å². The molecule has 0 N–H and O–H groups in total. The normalized spacial score (nSPS) is 11.4. The lowest BCUT2D eigenvalue weighted by molar-refractivity contribution is 1.18. The summed E-state index contributed by atoms with van der Waals surface area (Å²) in [5, 5.41) is 4.91. The molecule has 1 aromatic heterocycles. The lowest BCUT2D eigenvalue weighted by Gasteiger charge is -2.26. The van der Waals surface area contributed by atoms with E-state index in [1.165, 1.54) is 54.8 Å². The molecule has 49 heavy (non-hydrogen) atoms. The minimum absolute atomic E-state index is 1.10. The zero-order valence-electron chi connectivity index (χ0n) is 26.7. The number of benzene rings is 8. The van der Waals surface area contributed by atoms with Crippen LogP contribution in [0.5, 0.6) is 0 Å². The average Bonchev–Trinajstić information content (AvgIpc) is 3.50. The van der Waals surface area contributed by atoms with Gasteiger partial charge in [0.2, 0.25) is 0 Å². The van der Waals surface area contributed by atoms with E-state index in [2.05, 4.69) is 213 Å². The fourth-order valence-electron chi connectivity index (χ4n) is 7.14. The van der Waals surface area contributed by atoms with Crippen molar-refractivity contribution in [1.82, 2.24) is 4.57 Å². The fraction of sp³-hybridized carbons (Fsp3) is 0. The molecule has 0 aliphatic heterocycles. The van der Waals surface area contributed by atoms with Crippen molar-refractivity contribution >= 4 is 65.6 Å². The van der Waals surface area contributed by atoms with E-state index in [-0.39, 0.29) is 0 Å². The van der Waals surface area contributed by atoms with Crippen LogP contribution in [-0.4, -0.2) is 4.57 Å². The Labute approximate surface area is 294 Å². The molecule has 0 bridgehead atoms. The first-order valence-corrected chi connectivity index (χ1v) is 17.3. The second-order valence-corrected chi connectivity index (χ2v) is 13.2. The van der Waals surface area contributed by atoms with Crippen LogP contribution in [-0.2, 0) is 0 Å². The SMILES string of the molecule is Brc1ccc(-c2ccc(N(c3ccc(-c4ccccc4)cc3)c3ccc4c(c3)c3ccccc3n4-c3ccccc3)cc2)c2ccccc12. The zero-order chi connectivity index (χ0) is 32.7. The summed E-state index contributed by atoms with van der Waals surface area (Å²) in [6.07, 6.45) is 0. The maximum Gasteiger partial charge on any atom is 0.0542 e. The van der Waals surface area contributed by atoms with Crippen molar-refractivity contribution in [1.29, 1.82) is 0 Å². The van der Waals surface area contributed by atoms with Gasteiger partial charge in [-0.1, -0.05) is 137 Å². The van der Waals surface area contributed by atoms with Gasteiger partial charge in [-0.05, 0) is 99.8 Å². The highest BCUT2D eigenvalue weighted by Crippen LogP contribution is 2.41. The summed E-state index contributed by atoms with van der Waals surface area (Å²) in [6, 6.07) is 67.6. The summed E-state index contributed by atoms with van der Waals surface area (Å²) in [4.78, 5) is 2.37. The Hall–Kier alpha value is -5.90. The third kappa shape index (κ3) is 5.20. The van der Waals surface area contributed by atoms with Crippen LogP contribution in [0.4, 0.5) is 17.1 Å². The first-order valence-electron chi connectivity index (χ1n) is 16.5. The van der Waals surface area contributed by atoms with Gasteiger partial charge in [0.25, 0.3) is 0 Å². The van der Waals surface area contributed by atoms with E-state index in [0.29, 0.717) is 0 Å². The highest BCUT2D eigenvalue weighted by Gasteiger charge is 2.18. The van der Waals surface area contributed by atoms with E-state index in [0.717, 1.165) is 27.2 Å². The van der Waals surface area contributed by atoms with E-state index in [9.17, 15) is 0 Å². The molecule has 9 aromatic rings. The average molecular weight is 692 g/mol. The summed E-state index contributed by atoms with van der Waals surface area (Å²) in [7, 11) is 0. The highest BCUT2D eigenvalue weighted by atomic mass is 79.9. The van der Waals surface area contributed by atoms with Crippen molar-refractivity contribution in [3.63, 3.8) is 0 Å². The second-order valence-electron chi connectivity index (χ2n) is 12.3. The van der Waals surface area contributed by atoms with Crippen molar-refractivity contribution in [2.75, 3.05) is 4.90 Å².